The van der Waals surface area contributed by atoms with Gasteiger partial charge in [0.15, 0.2) is 0 Å². The van der Waals surface area contributed by atoms with Crippen LogP contribution < -0.4 is 10.6 Å². The number of rotatable bonds is 7. The average molecular weight is 555 g/mol. The van der Waals surface area contributed by atoms with Gasteiger partial charge in [0, 0.05) is 40.1 Å². The maximum Gasteiger partial charge on any atom is 0.255 e. The third-order valence-corrected chi connectivity index (χ3v) is 8.28. The van der Waals surface area contributed by atoms with Crippen LogP contribution >= 0.6 is 11.6 Å². The normalized spacial score (nSPS) is 18.3. The molecule has 6 rings (SSSR count). The van der Waals surface area contributed by atoms with Gasteiger partial charge < -0.3 is 20.5 Å². The molecule has 0 unspecified atom stereocenters. The molecule has 3 atom stereocenters. The van der Waals surface area contributed by atoms with Gasteiger partial charge in [0.1, 0.15) is 12.1 Å². The van der Waals surface area contributed by atoms with Crippen molar-refractivity contribution in [2.45, 2.75) is 44.8 Å². The van der Waals surface area contributed by atoms with Crippen molar-refractivity contribution in [1.82, 2.24) is 20.5 Å². The summed E-state index contributed by atoms with van der Waals surface area (Å²) in [7, 11) is 0. The number of H-pyrrole nitrogens is 1. The molecule has 3 heterocycles. The molecule has 0 fully saturated rings. The van der Waals surface area contributed by atoms with E-state index in [1.165, 1.54) is 0 Å². The van der Waals surface area contributed by atoms with Crippen LogP contribution in [0.2, 0.25) is 5.02 Å². The lowest BCUT2D eigenvalue weighted by molar-refractivity contribution is -0.132. The van der Waals surface area contributed by atoms with E-state index >= 15 is 0 Å². The van der Waals surface area contributed by atoms with Gasteiger partial charge in [-0.2, -0.15) is 0 Å². The number of benzene rings is 3. The van der Waals surface area contributed by atoms with Crippen LogP contribution in [0.25, 0.3) is 10.9 Å². The monoisotopic (exact) mass is 554 g/mol. The largest absolute Gasteiger partial charge is 0.356 e. The number of carbonyl (C=O) groups is 3. The molecule has 0 aliphatic carbocycles. The molecule has 0 saturated carbocycles. The molecule has 0 saturated heterocycles. The zero-order chi connectivity index (χ0) is 28.0. The highest BCUT2D eigenvalue weighted by molar-refractivity contribution is 6.30. The highest BCUT2D eigenvalue weighted by Crippen LogP contribution is 2.46. The van der Waals surface area contributed by atoms with E-state index in [0.717, 1.165) is 33.3 Å². The zero-order valence-electron chi connectivity index (χ0n) is 22.4. The van der Waals surface area contributed by atoms with Crippen LogP contribution in [-0.4, -0.2) is 46.2 Å². The molecule has 40 heavy (non-hydrogen) atoms. The Balaban J connectivity index is 1.25. The molecule has 8 heteroatoms. The first-order valence-electron chi connectivity index (χ1n) is 13.7. The van der Waals surface area contributed by atoms with Crippen molar-refractivity contribution >= 4 is 40.2 Å². The molecule has 3 amide bonds. The predicted octanol–water partition coefficient (Wildman–Crippen LogP) is 4.79. The Hall–Kier alpha value is -4.10. The van der Waals surface area contributed by atoms with E-state index in [2.05, 4.69) is 15.6 Å². The van der Waals surface area contributed by atoms with Crippen molar-refractivity contribution < 1.29 is 14.4 Å². The fraction of sp³-hybridized carbons (Fsp3) is 0.281. The Morgan fingerprint density at radius 3 is 2.52 bits per heavy atom. The van der Waals surface area contributed by atoms with Gasteiger partial charge in [0.25, 0.3) is 5.91 Å². The minimum atomic E-state index is -0.750. The van der Waals surface area contributed by atoms with Crippen LogP contribution in [0.15, 0.2) is 72.8 Å². The first kappa shape index (κ1) is 26.1. The van der Waals surface area contributed by atoms with Crippen LogP contribution in [-0.2, 0) is 22.4 Å². The van der Waals surface area contributed by atoms with E-state index in [0.29, 0.717) is 30.0 Å². The summed E-state index contributed by atoms with van der Waals surface area (Å²) in [5, 5.41) is 7.68. The summed E-state index contributed by atoms with van der Waals surface area (Å²) in [5.74, 6) is -0.880. The Morgan fingerprint density at radius 2 is 1.75 bits per heavy atom. The number of aromatic nitrogens is 1. The van der Waals surface area contributed by atoms with Crippen LogP contribution in [0.5, 0.6) is 0 Å². The van der Waals surface area contributed by atoms with Crippen molar-refractivity contribution in [2.24, 2.45) is 5.92 Å². The number of aromatic amines is 1. The summed E-state index contributed by atoms with van der Waals surface area (Å²) < 4.78 is 0. The fourth-order valence-corrected chi connectivity index (χ4v) is 6.14. The van der Waals surface area contributed by atoms with Gasteiger partial charge in [0.2, 0.25) is 11.8 Å². The maximum atomic E-state index is 13.9. The van der Waals surface area contributed by atoms with Crippen LogP contribution in [0.4, 0.5) is 0 Å². The lowest BCUT2D eigenvalue weighted by Crippen LogP contribution is -2.57. The van der Waals surface area contributed by atoms with E-state index < -0.39 is 12.1 Å². The zero-order valence-corrected chi connectivity index (χ0v) is 23.2. The van der Waals surface area contributed by atoms with Crippen LogP contribution in [0.1, 0.15) is 52.6 Å². The van der Waals surface area contributed by atoms with Gasteiger partial charge in [-0.1, -0.05) is 74.0 Å². The van der Waals surface area contributed by atoms with Crippen LogP contribution in [0.3, 0.4) is 0 Å². The summed E-state index contributed by atoms with van der Waals surface area (Å²) in [6.45, 7) is 4.24. The second-order valence-electron chi connectivity index (χ2n) is 10.9. The highest BCUT2D eigenvalue weighted by atomic mass is 35.5. The van der Waals surface area contributed by atoms with E-state index in [4.69, 9.17) is 11.6 Å². The Kier molecular flexibility index (Phi) is 6.84. The number of halogens is 1. The standard InChI is InChI=1S/C32H31ClN4O3/c1-18(2)27(31(39)34-16-15-19-11-13-20(33)14-12-19)36-30(38)26-17-24-21-7-5-6-10-25(21)35-28(24)29-22-8-3-4-9-23(22)32(40)37(26)29/h3-14,18,26-27,29,35H,15-17H2,1-2H3,(H,34,39)(H,36,38)/t26-,27-,29+/m0/s1. The minimum Gasteiger partial charge on any atom is -0.356 e. The number of fused-ring (bicyclic) bond motifs is 7. The number of carbonyl (C=O) groups excluding carboxylic acids is 3. The van der Waals surface area contributed by atoms with Crippen molar-refractivity contribution in [3.05, 3.63) is 106 Å². The van der Waals surface area contributed by atoms with Gasteiger partial charge >= 0.3 is 0 Å². The van der Waals surface area contributed by atoms with Gasteiger partial charge in [-0.05, 0) is 53.3 Å². The Labute approximate surface area is 237 Å². The number of amides is 3. The fourth-order valence-electron chi connectivity index (χ4n) is 6.01. The van der Waals surface area contributed by atoms with Gasteiger partial charge in [-0.15, -0.1) is 0 Å². The molecule has 204 valence electrons. The van der Waals surface area contributed by atoms with E-state index in [1.54, 1.807) is 4.90 Å². The summed E-state index contributed by atoms with van der Waals surface area (Å²) in [6.07, 6.45) is 1.01. The number of para-hydroxylation sites is 1. The lowest BCUT2D eigenvalue weighted by atomic mass is 9.89. The molecule has 1 aromatic heterocycles. The first-order valence-corrected chi connectivity index (χ1v) is 14.0. The number of hydrogen-bond donors (Lipinski definition) is 3. The molecule has 0 spiro atoms. The summed E-state index contributed by atoms with van der Waals surface area (Å²) in [4.78, 5) is 46.0. The first-order chi connectivity index (χ1) is 19.3. The third-order valence-electron chi connectivity index (χ3n) is 8.03. The maximum absolute atomic E-state index is 13.9. The number of hydrogen-bond acceptors (Lipinski definition) is 3. The molecule has 2 aliphatic rings. The Bertz CT molecular complexity index is 1610. The molecule has 2 aliphatic heterocycles. The quantitative estimate of drug-likeness (QED) is 0.306. The molecule has 0 bridgehead atoms. The van der Waals surface area contributed by atoms with E-state index in [9.17, 15) is 14.4 Å². The van der Waals surface area contributed by atoms with Crippen molar-refractivity contribution in [3.63, 3.8) is 0 Å². The summed E-state index contributed by atoms with van der Waals surface area (Å²) in [5.41, 5.74) is 5.52. The minimum absolute atomic E-state index is 0.144. The third kappa shape index (κ3) is 4.54. The van der Waals surface area contributed by atoms with Crippen LogP contribution in [0, 0.1) is 5.92 Å². The van der Waals surface area contributed by atoms with Crippen molar-refractivity contribution in [3.8, 4) is 0 Å². The molecule has 4 aromatic rings. The Morgan fingerprint density at radius 1 is 1.02 bits per heavy atom. The molecular weight excluding hydrogens is 524 g/mol. The molecule has 0 radical (unpaired) electrons. The summed E-state index contributed by atoms with van der Waals surface area (Å²) in [6, 6.07) is 21.2. The smallest absolute Gasteiger partial charge is 0.255 e. The average Bonchev–Trinajstić information content (AvgIpc) is 3.47. The molecule has 3 N–H and O–H groups in total. The lowest BCUT2D eigenvalue weighted by Gasteiger charge is -2.38. The number of nitrogens with zero attached hydrogens (tertiary/aromatic N) is 1. The molecular formula is C32H31ClN4O3. The van der Waals surface area contributed by atoms with Crippen molar-refractivity contribution in [1.29, 1.82) is 0 Å². The topological polar surface area (TPSA) is 94.3 Å². The molecule has 3 aromatic carbocycles. The second-order valence-corrected chi connectivity index (χ2v) is 11.3. The summed E-state index contributed by atoms with van der Waals surface area (Å²) >= 11 is 5.97. The predicted molar refractivity (Wildman–Crippen MR) is 155 cm³/mol. The molecule has 7 nitrogen and oxygen atoms in total. The number of nitrogens with one attached hydrogen (secondary N) is 3. The van der Waals surface area contributed by atoms with E-state index in [-0.39, 0.29) is 29.7 Å². The van der Waals surface area contributed by atoms with Gasteiger partial charge in [0.05, 0.1) is 6.04 Å². The highest BCUT2D eigenvalue weighted by Gasteiger charge is 2.49. The van der Waals surface area contributed by atoms with Gasteiger partial charge in [-0.3, -0.25) is 14.4 Å². The SMILES string of the molecule is CC(C)[C@H](NC(=O)[C@@H]1Cc2c([nH]c3ccccc23)[C@H]2c3ccccc3C(=O)N21)C(=O)NCCc1ccc(Cl)cc1. The second kappa shape index (κ2) is 10.5. The van der Waals surface area contributed by atoms with E-state index in [1.807, 2.05) is 86.6 Å². The van der Waals surface area contributed by atoms with Gasteiger partial charge in [-0.25, -0.2) is 0 Å². The van der Waals surface area contributed by atoms with Crippen molar-refractivity contribution in [2.75, 3.05) is 6.54 Å².